The normalized spacial score (nSPS) is 12.8. The molecule has 1 aromatic heterocycles. The second-order valence-corrected chi connectivity index (χ2v) is 5.64. The molecule has 0 spiro atoms. The Labute approximate surface area is 163 Å². The van der Waals surface area contributed by atoms with E-state index in [2.05, 4.69) is 58.4 Å². The molecule has 0 fully saturated rings. The van der Waals surface area contributed by atoms with E-state index in [0.717, 1.165) is 38.6 Å². The number of nitrogens with zero attached hydrogens (tertiary/aromatic N) is 4. The van der Waals surface area contributed by atoms with E-state index in [-0.39, 0.29) is 24.0 Å². The van der Waals surface area contributed by atoms with Crippen LogP contribution in [0, 0.1) is 6.92 Å². The van der Waals surface area contributed by atoms with Gasteiger partial charge in [-0.2, -0.15) is 4.98 Å². The van der Waals surface area contributed by atoms with Crippen molar-refractivity contribution in [3.05, 3.63) is 11.7 Å². The molecule has 0 radical (unpaired) electrons. The van der Waals surface area contributed by atoms with Gasteiger partial charge in [0.2, 0.25) is 5.89 Å². The molecule has 0 aliphatic heterocycles. The average molecular weight is 452 g/mol. The summed E-state index contributed by atoms with van der Waals surface area (Å²) in [5.74, 6) is 1.97. The van der Waals surface area contributed by atoms with E-state index in [9.17, 15) is 0 Å². The minimum Gasteiger partial charge on any atom is -0.357 e. The number of halogens is 1. The Hall–Kier alpha value is -0.900. The summed E-state index contributed by atoms with van der Waals surface area (Å²) in [6.07, 6.45) is 2.29. The van der Waals surface area contributed by atoms with Crippen LogP contribution in [-0.2, 0) is 6.54 Å². The molecule has 1 atom stereocenters. The van der Waals surface area contributed by atoms with Gasteiger partial charge in [0.25, 0.3) is 0 Å². The van der Waals surface area contributed by atoms with Crippen molar-refractivity contribution in [1.82, 2.24) is 25.7 Å². The van der Waals surface area contributed by atoms with Crippen molar-refractivity contribution in [3.8, 4) is 0 Å². The minimum atomic E-state index is 0. The van der Waals surface area contributed by atoms with E-state index in [1.54, 1.807) is 6.92 Å². The standard InChI is InChI=1S/C16H32N6O.HI/c1-6-17-16(18-12-15-20-14(5)23-21-15)19-13(4)10-9-11-22(7-2)8-3;/h13H,6-12H2,1-5H3,(H2,17,18,19);1H. The van der Waals surface area contributed by atoms with Gasteiger partial charge in [-0.25, -0.2) is 4.99 Å². The fourth-order valence-electron chi connectivity index (χ4n) is 2.34. The molecule has 1 aromatic rings. The Morgan fingerprint density at radius 1 is 1.29 bits per heavy atom. The largest absolute Gasteiger partial charge is 0.357 e. The number of aromatic nitrogens is 2. The maximum Gasteiger partial charge on any atom is 0.223 e. The third kappa shape index (κ3) is 9.41. The lowest BCUT2D eigenvalue weighted by Gasteiger charge is -2.21. The van der Waals surface area contributed by atoms with Crippen LogP contribution in [0.5, 0.6) is 0 Å². The first-order chi connectivity index (χ1) is 11.1. The molecule has 1 rings (SSSR count). The van der Waals surface area contributed by atoms with Crippen LogP contribution in [0.1, 0.15) is 52.3 Å². The lowest BCUT2D eigenvalue weighted by atomic mass is 10.2. The summed E-state index contributed by atoms with van der Waals surface area (Å²) in [5, 5.41) is 10.6. The summed E-state index contributed by atoms with van der Waals surface area (Å²) >= 11 is 0. The first kappa shape index (κ1) is 23.1. The topological polar surface area (TPSA) is 78.6 Å². The van der Waals surface area contributed by atoms with Crippen molar-refractivity contribution in [1.29, 1.82) is 0 Å². The molecule has 0 bridgehead atoms. The molecular weight excluding hydrogens is 419 g/mol. The molecule has 0 saturated heterocycles. The molecule has 0 aliphatic carbocycles. The Kier molecular flexibility index (Phi) is 12.9. The van der Waals surface area contributed by atoms with Crippen molar-refractivity contribution < 1.29 is 4.52 Å². The second-order valence-electron chi connectivity index (χ2n) is 5.64. The maximum atomic E-state index is 4.96. The van der Waals surface area contributed by atoms with Gasteiger partial charge in [-0.3, -0.25) is 0 Å². The first-order valence-corrected chi connectivity index (χ1v) is 8.65. The fraction of sp³-hybridized carbons (Fsp3) is 0.812. The van der Waals surface area contributed by atoms with Crippen LogP contribution < -0.4 is 10.6 Å². The van der Waals surface area contributed by atoms with Crippen LogP contribution in [0.2, 0.25) is 0 Å². The van der Waals surface area contributed by atoms with Crippen LogP contribution in [-0.4, -0.2) is 53.2 Å². The molecule has 8 heteroatoms. The van der Waals surface area contributed by atoms with Crippen LogP contribution in [0.25, 0.3) is 0 Å². The SMILES string of the molecule is CCNC(=NCc1noc(C)n1)NC(C)CCCN(CC)CC.I. The van der Waals surface area contributed by atoms with Crippen molar-refractivity contribution in [2.24, 2.45) is 4.99 Å². The summed E-state index contributed by atoms with van der Waals surface area (Å²) in [4.78, 5) is 11.1. The summed E-state index contributed by atoms with van der Waals surface area (Å²) < 4.78 is 4.96. The van der Waals surface area contributed by atoms with Gasteiger partial charge in [0.05, 0.1) is 0 Å². The quantitative estimate of drug-likeness (QED) is 0.323. The van der Waals surface area contributed by atoms with Crippen molar-refractivity contribution >= 4 is 29.9 Å². The lowest BCUT2D eigenvalue weighted by molar-refractivity contribution is 0.292. The van der Waals surface area contributed by atoms with Crippen molar-refractivity contribution in [2.45, 2.75) is 60.0 Å². The molecule has 1 unspecified atom stereocenters. The molecule has 7 nitrogen and oxygen atoms in total. The Morgan fingerprint density at radius 2 is 2.00 bits per heavy atom. The van der Waals surface area contributed by atoms with Crippen molar-refractivity contribution in [3.63, 3.8) is 0 Å². The molecule has 0 aliphatic rings. The van der Waals surface area contributed by atoms with E-state index >= 15 is 0 Å². The molecule has 1 heterocycles. The highest BCUT2D eigenvalue weighted by atomic mass is 127. The van der Waals surface area contributed by atoms with Gasteiger partial charge in [0.1, 0.15) is 6.54 Å². The minimum absolute atomic E-state index is 0. The van der Waals surface area contributed by atoms with Gasteiger partial charge in [0, 0.05) is 19.5 Å². The first-order valence-electron chi connectivity index (χ1n) is 8.65. The predicted molar refractivity (Wildman–Crippen MR) is 109 cm³/mol. The van der Waals surface area contributed by atoms with Crippen LogP contribution in [0.15, 0.2) is 9.52 Å². The van der Waals surface area contributed by atoms with E-state index < -0.39 is 0 Å². The van der Waals surface area contributed by atoms with Crippen LogP contribution >= 0.6 is 24.0 Å². The molecule has 0 saturated carbocycles. The van der Waals surface area contributed by atoms with Crippen LogP contribution in [0.4, 0.5) is 0 Å². The number of rotatable bonds is 10. The van der Waals surface area contributed by atoms with Gasteiger partial charge < -0.3 is 20.1 Å². The lowest BCUT2D eigenvalue weighted by Crippen LogP contribution is -2.42. The third-order valence-corrected chi connectivity index (χ3v) is 3.68. The van der Waals surface area contributed by atoms with E-state index in [4.69, 9.17) is 4.52 Å². The summed E-state index contributed by atoms with van der Waals surface area (Å²) in [6, 6.07) is 0.371. The fourth-order valence-corrected chi connectivity index (χ4v) is 2.34. The predicted octanol–water partition coefficient (Wildman–Crippen LogP) is 2.56. The molecule has 140 valence electrons. The molecule has 0 amide bonds. The van der Waals surface area contributed by atoms with Crippen LogP contribution in [0.3, 0.4) is 0 Å². The Balaban J connectivity index is 0.00000529. The van der Waals surface area contributed by atoms with Gasteiger partial charge in [-0.1, -0.05) is 19.0 Å². The Morgan fingerprint density at radius 3 is 2.54 bits per heavy atom. The molecular formula is C16H33IN6O. The number of guanidine groups is 1. The smallest absolute Gasteiger partial charge is 0.223 e. The van der Waals surface area contributed by atoms with Crippen molar-refractivity contribution in [2.75, 3.05) is 26.2 Å². The highest BCUT2D eigenvalue weighted by molar-refractivity contribution is 14.0. The molecule has 2 N–H and O–H groups in total. The number of nitrogens with one attached hydrogen (secondary N) is 2. The van der Waals surface area contributed by atoms with Gasteiger partial charge >= 0.3 is 0 Å². The molecule has 0 aromatic carbocycles. The Bertz CT molecular complexity index is 461. The summed E-state index contributed by atoms with van der Waals surface area (Å²) in [7, 11) is 0. The van der Waals surface area contributed by atoms with E-state index in [1.807, 2.05) is 0 Å². The zero-order valence-corrected chi connectivity index (χ0v) is 18.0. The number of aryl methyl sites for hydroxylation is 1. The number of hydrogen-bond acceptors (Lipinski definition) is 5. The number of aliphatic imine (C=N–C) groups is 1. The van der Waals surface area contributed by atoms with Gasteiger partial charge in [0.15, 0.2) is 11.8 Å². The number of hydrogen-bond donors (Lipinski definition) is 2. The summed E-state index contributed by atoms with van der Waals surface area (Å²) in [6.45, 7) is 15.1. The van der Waals surface area contributed by atoms with E-state index in [0.29, 0.717) is 24.3 Å². The van der Waals surface area contributed by atoms with Gasteiger partial charge in [-0.15, -0.1) is 24.0 Å². The zero-order valence-electron chi connectivity index (χ0n) is 15.6. The molecule has 24 heavy (non-hydrogen) atoms. The highest BCUT2D eigenvalue weighted by Gasteiger charge is 2.07. The second kappa shape index (κ2) is 13.4. The average Bonchev–Trinajstić information content (AvgIpc) is 2.95. The van der Waals surface area contributed by atoms with Gasteiger partial charge in [-0.05, 0) is 46.3 Å². The van der Waals surface area contributed by atoms with E-state index in [1.165, 1.54) is 6.42 Å². The third-order valence-electron chi connectivity index (χ3n) is 3.68. The highest BCUT2D eigenvalue weighted by Crippen LogP contribution is 2.01. The maximum absolute atomic E-state index is 4.96. The monoisotopic (exact) mass is 452 g/mol. The zero-order chi connectivity index (χ0) is 17.1. The summed E-state index contributed by atoms with van der Waals surface area (Å²) in [5.41, 5.74) is 0.